The molecule has 146 valence electrons. The number of nitro groups is 1. The summed E-state index contributed by atoms with van der Waals surface area (Å²) in [5, 5.41) is 12.3. The predicted octanol–water partition coefficient (Wildman–Crippen LogP) is 1.98. The Labute approximate surface area is 162 Å². The molecule has 2 amide bonds. The van der Waals surface area contributed by atoms with Crippen LogP contribution in [-0.2, 0) is 0 Å². The second-order valence-electron chi connectivity index (χ2n) is 7.41. The van der Waals surface area contributed by atoms with Gasteiger partial charge in [-0.05, 0) is 31.5 Å². The predicted molar refractivity (Wildman–Crippen MR) is 105 cm³/mol. The first-order valence-electron chi connectivity index (χ1n) is 9.44. The summed E-state index contributed by atoms with van der Waals surface area (Å²) in [7, 11) is 2.10. The van der Waals surface area contributed by atoms with Gasteiger partial charge in [-0.25, -0.2) is 0 Å². The largest absolute Gasteiger partial charge is 0.304 e. The molecule has 0 aromatic heterocycles. The highest BCUT2D eigenvalue weighted by molar-refractivity contribution is 6.25. The molecule has 4 rings (SSSR count). The number of carbonyl (C=O) groups is 2. The molecule has 0 bridgehead atoms. The summed E-state index contributed by atoms with van der Waals surface area (Å²) >= 11 is 0. The van der Waals surface area contributed by atoms with Crippen LogP contribution in [0.15, 0.2) is 30.3 Å². The Kier molecular flexibility index (Phi) is 4.82. The molecule has 2 aliphatic heterocycles. The summed E-state index contributed by atoms with van der Waals surface area (Å²) in [5.41, 5.74) is 0.528. The first-order valence-corrected chi connectivity index (χ1v) is 9.44. The number of likely N-dealkylation sites (N-methyl/N-ethyl adjacent to an activating group) is 1. The van der Waals surface area contributed by atoms with Crippen molar-refractivity contribution in [2.24, 2.45) is 0 Å². The van der Waals surface area contributed by atoms with Gasteiger partial charge >= 0.3 is 0 Å². The molecule has 0 saturated carbocycles. The number of rotatable bonds is 5. The maximum atomic E-state index is 13.0. The fourth-order valence-corrected chi connectivity index (χ4v) is 3.97. The number of nitro benzene ring substituents is 1. The molecule has 0 N–H and O–H groups in total. The van der Waals surface area contributed by atoms with Crippen molar-refractivity contribution in [1.29, 1.82) is 0 Å². The van der Waals surface area contributed by atoms with Gasteiger partial charge in [0.05, 0.1) is 10.5 Å². The average Bonchev–Trinajstić information content (AvgIpc) is 2.69. The summed E-state index contributed by atoms with van der Waals surface area (Å²) < 4.78 is 0. The van der Waals surface area contributed by atoms with Crippen molar-refractivity contribution >= 4 is 28.3 Å². The van der Waals surface area contributed by atoms with Crippen LogP contribution in [0.4, 0.5) is 5.69 Å². The van der Waals surface area contributed by atoms with Gasteiger partial charge in [-0.15, -0.1) is 0 Å². The lowest BCUT2D eigenvalue weighted by molar-refractivity contribution is -0.384. The molecular weight excluding hydrogens is 360 g/mol. The SMILES string of the molecule is CN1CCN(CCCN2C(=O)c3cccc4cc([N+](=O)[O-])cc(c34)C2=O)CC1. The average molecular weight is 382 g/mol. The van der Waals surface area contributed by atoms with Gasteiger partial charge in [-0.3, -0.25) is 24.6 Å². The number of benzene rings is 2. The van der Waals surface area contributed by atoms with Crippen LogP contribution in [0.1, 0.15) is 27.1 Å². The van der Waals surface area contributed by atoms with E-state index in [1.807, 2.05) is 0 Å². The first-order chi connectivity index (χ1) is 13.5. The Balaban J connectivity index is 1.56. The van der Waals surface area contributed by atoms with Crippen LogP contribution >= 0.6 is 0 Å². The minimum atomic E-state index is -0.510. The van der Waals surface area contributed by atoms with E-state index in [0.29, 0.717) is 29.3 Å². The molecule has 0 atom stereocenters. The van der Waals surface area contributed by atoms with Gasteiger partial charge in [0.1, 0.15) is 0 Å². The molecule has 8 nitrogen and oxygen atoms in total. The fraction of sp³-hybridized carbons (Fsp3) is 0.400. The number of non-ortho nitro benzene ring substituents is 1. The standard InChI is InChI=1S/C20H22N4O4/c1-21-8-10-22(11-9-21)6-3-7-23-19(25)16-5-2-4-14-12-15(24(27)28)13-17(18(14)16)20(23)26/h2,4-5,12-13H,3,6-11H2,1H3. The summed E-state index contributed by atoms with van der Waals surface area (Å²) in [5.74, 6) is -0.772. The molecule has 1 saturated heterocycles. The summed E-state index contributed by atoms with van der Waals surface area (Å²) in [4.78, 5) is 42.5. The second-order valence-corrected chi connectivity index (χ2v) is 7.41. The van der Waals surface area contributed by atoms with Crippen LogP contribution in [0.2, 0.25) is 0 Å². The van der Waals surface area contributed by atoms with E-state index in [1.165, 1.54) is 17.0 Å². The topological polar surface area (TPSA) is 87.0 Å². The molecule has 2 aliphatic rings. The van der Waals surface area contributed by atoms with E-state index in [2.05, 4.69) is 16.8 Å². The molecule has 2 heterocycles. The fourth-order valence-electron chi connectivity index (χ4n) is 3.97. The third-order valence-corrected chi connectivity index (χ3v) is 5.58. The number of hydrogen-bond donors (Lipinski definition) is 0. The molecule has 1 fully saturated rings. The van der Waals surface area contributed by atoms with Gasteiger partial charge in [0.15, 0.2) is 0 Å². The molecular formula is C20H22N4O4. The lowest BCUT2D eigenvalue weighted by atomic mass is 9.93. The number of carbonyl (C=O) groups excluding carboxylic acids is 2. The van der Waals surface area contributed by atoms with Crippen LogP contribution < -0.4 is 0 Å². The van der Waals surface area contributed by atoms with Gasteiger partial charge < -0.3 is 9.80 Å². The summed E-state index contributed by atoms with van der Waals surface area (Å²) in [6.07, 6.45) is 0.682. The third kappa shape index (κ3) is 3.25. The number of nitrogens with zero attached hydrogens (tertiary/aromatic N) is 4. The zero-order valence-electron chi connectivity index (χ0n) is 15.8. The summed E-state index contributed by atoms with van der Waals surface area (Å²) in [6, 6.07) is 7.76. The normalized spacial score (nSPS) is 18.1. The van der Waals surface area contributed by atoms with Crippen LogP contribution in [-0.4, -0.2) is 77.8 Å². The molecule has 0 spiro atoms. The van der Waals surface area contributed by atoms with Crippen molar-refractivity contribution in [2.45, 2.75) is 6.42 Å². The first kappa shape index (κ1) is 18.5. The quantitative estimate of drug-likeness (QED) is 0.446. The highest BCUT2D eigenvalue weighted by Crippen LogP contribution is 2.33. The minimum absolute atomic E-state index is 0.139. The van der Waals surface area contributed by atoms with Crippen molar-refractivity contribution in [2.75, 3.05) is 46.3 Å². The number of hydrogen-bond acceptors (Lipinski definition) is 6. The highest BCUT2D eigenvalue weighted by Gasteiger charge is 2.34. The Bertz CT molecular complexity index is 966. The number of piperazine rings is 1. The minimum Gasteiger partial charge on any atom is -0.304 e. The number of imide groups is 1. The smallest absolute Gasteiger partial charge is 0.270 e. The van der Waals surface area contributed by atoms with E-state index in [4.69, 9.17) is 0 Å². The molecule has 2 aromatic rings. The zero-order valence-corrected chi connectivity index (χ0v) is 15.8. The second kappa shape index (κ2) is 7.29. The van der Waals surface area contributed by atoms with Crippen molar-refractivity contribution in [1.82, 2.24) is 14.7 Å². The van der Waals surface area contributed by atoms with Gasteiger partial charge in [-0.1, -0.05) is 12.1 Å². The van der Waals surface area contributed by atoms with Crippen LogP contribution in [0, 0.1) is 10.1 Å². The lowest BCUT2D eigenvalue weighted by Gasteiger charge is -2.33. The Hall–Kier alpha value is -2.84. The highest BCUT2D eigenvalue weighted by atomic mass is 16.6. The molecule has 2 aromatic carbocycles. The van der Waals surface area contributed by atoms with Crippen LogP contribution in [0.5, 0.6) is 0 Å². The van der Waals surface area contributed by atoms with Crippen LogP contribution in [0.3, 0.4) is 0 Å². The van der Waals surface area contributed by atoms with Crippen molar-refractivity contribution < 1.29 is 14.5 Å². The molecule has 8 heteroatoms. The van der Waals surface area contributed by atoms with E-state index in [-0.39, 0.29) is 17.2 Å². The Morgan fingerprint density at radius 3 is 2.43 bits per heavy atom. The van der Waals surface area contributed by atoms with Crippen molar-refractivity contribution in [3.05, 3.63) is 51.6 Å². The van der Waals surface area contributed by atoms with Crippen molar-refractivity contribution in [3.8, 4) is 0 Å². The van der Waals surface area contributed by atoms with Gasteiger partial charge in [0.2, 0.25) is 0 Å². The van der Waals surface area contributed by atoms with Crippen LogP contribution in [0.25, 0.3) is 10.8 Å². The Morgan fingerprint density at radius 1 is 1.00 bits per heavy atom. The third-order valence-electron chi connectivity index (χ3n) is 5.58. The zero-order chi connectivity index (χ0) is 19.8. The van der Waals surface area contributed by atoms with E-state index < -0.39 is 10.8 Å². The maximum absolute atomic E-state index is 13.0. The number of amides is 2. The molecule has 28 heavy (non-hydrogen) atoms. The Morgan fingerprint density at radius 2 is 1.71 bits per heavy atom. The van der Waals surface area contributed by atoms with E-state index in [9.17, 15) is 19.7 Å². The van der Waals surface area contributed by atoms with Crippen molar-refractivity contribution in [3.63, 3.8) is 0 Å². The molecule has 0 aliphatic carbocycles. The molecule has 0 unspecified atom stereocenters. The van der Waals surface area contributed by atoms with E-state index in [1.54, 1.807) is 18.2 Å². The molecule has 0 radical (unpaired) electrons. The van der Waals surface area contributed by atoms with Gasteiger partial charge in [-0.2, -0.15) is 0 Å². The maximum Gasteiger partial charge on any atom is 0.270 e. The van der Waals surface area contributed by atoms with E-state index in [0.717, 1.165) is 32.7 Å². The van der Waals surface area contributed by atoms with E-state index >= 15 is 0 Å². The monoisotopic (exact) mass is 382 g/mol. The van der Waals surface area contributed by atoms with Gasteiger partial charge in [0.25, 0.3) is 17.5 Å². The summed E-state index contributed by atoms with van der Waals surface area (Å²) in [6.45, 7) is 5.11. The van der Waals surface area contributed by atoms with Gasteiger partial charge in [0, 0.05) is 55.8 Å². The lowest BCUT2D eigenvalue weighted by Crippen LogP contribution is -2.46.